The normalized spacial score (nSPS) is 21.3. The monoisotopic (exact) mass is 756 g/mol. The molecule has 0 amide bonds. The van der Waals surface area contributed by atoms with Crippen molar-refractivity contribution in [2.24, 2.45) is 17.8 Å². The van der Waals surface area contributed by atoms with Gasteiger partial charge in [-0.05, 0) is 144 Å². The third-order valence-corrected chi connectivity index (χ3v) is 14.2. The van der Waals surface area contributed by atoms with Crippen LogP contribution in [0.2, 0.25) is 0 Å². The Balaban J connectivity index is 1.03. The summed E-state index contributed by atoms with van der Waals surface area (Å²) in [5.41, 5.74) is 10.4. The highest BCUT2D eigenvalue weighted by Gasteiger charge is 2.51. The summed E-state index contributed by atoms with van der Waals surface area (Å²) >= 11 is 0. The van der Waals surface area contributed by atoms with Crippen LogP contribution in [0.5, 0.6) is 0 Å². The lowest BCUT2D eigenvalue weighted by molar-refractivity contribution is -0.00518. The highest BCUT2D eigenvalue weighted by Crippen LogP contribution is 2.60. The lowest BCUT2D eigenvalue weighted by Gasteiger charge is -2.57. The molecule has 0 saturated heterocycles. The van der Waals surface area contributed by atoms with E-state index in [1.807, 2.05) is 52.9 Å². The number of hydrogen-bond acceptors (Lipinski definition) is 5. The molecule has 4 fully saturated rings. The van der Waals surface area contributed by atoms with E-state index in [1.165, 1.54) is 49.7 Å². The second-order valence-electron chi connectivity index (χ2n) is 17.6. The molecule has 0 unspecified atom stereocenters. The molecule has 4 aromatic heterocycles. The minimum absolute atomic E-state index is 0.00414. The third-order valence-electron chi connectivity index (χ3n) is 14.2. The first-order valence-corrected chi connectivity index (χ1v) is 21.3. The molecular weight excluding hydrogens is 713 g/mol. The lowest BCUT2D eigenvalue weighted by Crippen LogP contribution is -2.48. The fourth-order valence-corrected chi connectivity index (χ4v) is 11.9. The van der Waals surface area contributed by atoms with Crippen molar-refractivity contribution in [3.63, 3.8) is 0 Å². The summed E-state index contributed by atoms with van der Waals surface area (Å²) in [7, 11) is 0. The predicted molar refractivity (Wildman–Crippen MR) is 234 cm³/mol. The Labute approximate surface area is 336 Å². The van der Waals surface area contributed by atoms with Gasteiger partial charge in [0.05, 0.1) is 11.0 Å². The van der Waals surface area contributed by atoms with Crippen LogP contribution in [0.3, 0.4) is 0 Å². The maximum Gasteiger partial charge on any atom is 0.263 e. The zero-order valence-electron chi connectivity index (χ0n) is 33.0. The van der Waals surface area contributed by atoms with Crippen LogP contribution in [0.25, 0.3) is 83.3 Å². The van der Waals surface area contributed by atoms with E-state index < -0.39 is 0 Å². The number of para-hydroxylation sites is 2. The number of rotatable bonds is 6. The first-order valence-electron chi connectivity index (χ1n) is 21.3. The van der Waals surface area contributed by atoms with Gasteiger partial charge in [-0.3, -0.25) is 9.20 Å². The molecular formula is C52H44N4O2. The van der Waals surface area contributed by atoms with Crippen molar-refractivity contribution < 1.29 is 4.42 Å². The molecule has 0 atom stereocenters. The van der Waals surface area contributed by atoms with Gasteiger partial charge in [0, 0.05) is 32.8 Å². The molecule has 4 aliphatic carbocycles. The molecule has 284 valence electrons. The molecule has 4 aliphatic rings. The van der Waals surface area contributed by atoms with Crippen LogP contribution >= 0.6 is 0 Å². The van der Waals surface area contributed by atoms with Crippen LogP contribution in [0, 0.1) is 17.8 Å². The van der Waals surface area contributed by atoms with Gasteiger partial charge < -0.3 is 4.42 Å². The van der Waals surface area contributed by atoms with E-state index in [9.17, 15) is 4.79 Å². The Kier molecular flexibility index (Phi) is 7.42. The number of nitrogens with zero attached hydrogens (tertiary/aromatic N) is 4. The molecule has 0 N–H and O–H groups in total. The maximum absolute atomic E-state index is 14.5. The summed E-state index contributed by atoms with van der Waals surface area (Å²) in [6, 6.07) is 40.1. The second kappa shape index (κ2) is 12.7. The predicted octanol–water partition coefficient (Wildman–Crippen LogP) is 12.3. The number of aryl methyl sites for hydroxylation is 2. The van der Waals surface area contributed by atoms with Crippen LogP contribution < -0.4 is 5.56 Å². The molecule has 6 nitrogen and oxygen atoms in total. The van der Waals surface area contributed by atoms with E-state index >= 15 is 0 Å². The van der Waals surface area contributed by atoms with Gasteiger partial charge in [-0.1, -0.05) is 86.6 Å². The van der Waals surface area contributed by atoms with Gasteiger partial charge in [0.1, 0.15) is 11.2 Å². The summed E-state index contributed by atoms with van der Waals surface area (Å²) < 4.78 is 8.26. The molecule has 0 spiro atoms. The lowest BCUT2D eigenvalue weighted by atomic mass is 9.48. The first kappa shape index (κ1) is 33.9. The standard InChI is InChI=1S/C52H44N4O2/c1-3-33-24-35-9-5-7-11-44(35)56-47(33)39(4-2)43-25-36(16-20-42(43)51(56)57)49-53-48(34-13-17-38(18-14-34)52-27-30-21-31(28-52)23-32(22-30)29-52)54-50(55-49)37-15-19-41-40-10-6-8-12-45(40)58-46(41)26-37/h5-20,24-26,30-32H,3-4,21-23,27-29H2,1-2H3. The zero-order chi connectivity index (χ0) is 38.7. The molecule has 9 aromatic rings. The Bertz CT molecular complexity index is 3180. The highest BCUT2D eigenvalue weighted by molar-refractivity contribution is 6.05. The van der Waals surface area contributed by atoms with Crippen LogP contribution in [-0.2, 0) is 18.3 Å². The van der Waals surface area contributed by atoms with Crippen molar-refractivity contribution in [2.75, 3.05) is 0 Å². The van der Waals surface area contributed by atoms with E-state index in [2.05, 4.69) is 80.6 Å². The van der Waals surface area contributed by atoms with Crippen molar-refractivity contribution >= 4 is 49.1 Å². The minimum atomic E-state index is -0.00414. The van der Waals surface area contributed by atoms with Crippen molar-refractivity contribution in [1.29, 1.82) is 0 Å². The third kappa shape index (κ3) is 5.09. The minimum Gasteiger partial charge on any atom is -0.456 e. The van der Waals surface area contributed by atoms with Crippen molar-refractivity contribution in [3.8, 4) is 34.2 Å². The van der Waals surface area contributed by atoms with Crippen molar-refractivity contribution in [3.05, 3.63) is 142 Å². The summed E-state index contributed by atoms with van der Waals surface area (Å²) in [5, 5.41) is 4.87. The van der Waals surface area contributed by atoms with E-state index in [0.29, 0.717) is 28.3 Å². The summed E-state index contributed by atoms with van der Waals surface area (Å²) in [5.74, 6) is 4.47. The van der Waals surface area contributed by atoms with Gasteiger partial charge in [0.25, 0.3) is 5.56 Å². The fraction of sp³-hybridized carbons (Fsp3) is 0.269. The van der Waals surface area contributed by atoms with Crippen LogP contribution in [0.1, 0.15) is 69.1 Å². The Hall–Kier alpha value is -6.14. The van der Waals surface area contributed by atoms with Crippen LogP contribution in [0.15, 0.2) is 124 Å². The molecule has 0 aliphatic heterocycles. The Morgan fingerprint density at radius 3 is 1.91 bits per heavy atom. The molecule has 13 rings (SSSR count). The molecule has 5 aromatic carbocycles. The molecule has 4 saturated carbocycles. The van der Waals surface area contributed by atoms with Crippen LogP contribution in [0.4, 0.5) is 0 Å². The SMILES string of the molecule is CCc1cc2ccccc2n2c(=O)c3ccc(-c4nc(-c5ccc(C67CC8CC(CC(C8)C6)C7)cc5)nc(-c5ccc6c(c5)oc5ccccc56)n4)cc3c(CC)c12. The van der Waals surface area contributed by atoms with E-state index in [0.717, 1.165) is 96.6 Å². The topological polar surface area (TPSA) is 73.3 Å². The fourth-order valence-electron chi connectivity index (χ4n) is 11.9. The zero-order valence-corrected chi connectivity index (χ0v) is 33.0. The number of furan rings is 1. The van der Waals surface area contributed by atoms with Crippen molar-refractivity contribution in [1.82, 2.24) is 19.4 Å². The molecule has 4 bridgehead atoms. The average Bonchev–Trinajstić information content (AvgIpc) is 3.63. The molecule has 58 heavy (non-hydrogen) atoms. The average molecular weight is 757 g/mol. The summed E-state index contributed by atoms with van der Waals surface area (Å²) in [6.45, 7) is 4.35. The quantitative estimate of drug-likeness (QED) is 0.125. The Morgan fingerprint density at radius 1 is 0.603 bits per heavy atom. The highest BCUT2D eigenvalue weighted by atomic mass is 16.3. The smallest absolute Gasteiger partial charge is 0.263 e. The number of pyridine rings is 2. The largest absolute Gasteiger partial charge is 0.456 e. The Morgan fingerprint density at radius 2 is 1.21 bits per heavy atom. The number of hydrogen-bond donors (Lipinski definition) is 0. The van der Waals surface area contributed by atoms with Gasteiger partial charge >= 0.3 is 0 Å². The number of aromatic nitrogens is 4. The summed E-state index contributed by atoms with van der Waals surface area (Å²) in [6.07, 6.45) is 9.90. The molecule has 4 heterocycles. The number of fused-ring (bicyclic) bond motifs is 7. The van der Waals surface area contributed by atoms with Gasteiger partial charge in [-0.25, -0.2) is 15.0 Å². The molecule has 6 heteroatoms. The molecule has 0 radical (unpaired) electrons. The van der Waals surface area contributed by atoms with E-state index in [4.69, 9.17) is 19.4 Å². The van der Waals surface area contributed by atoms with Gasteiger partial charge in [-0.2, -0.15) is 0 Å². The van der Waals surface area contributed by atoms with Gasteiger partial charge in [-0.15, -0.1) is 0 Å². The first-order chi connectivity index (χ1) is 28.4. The number of benzene rings is 5. The summed E-state index contributed by atoms with van der Waals surface area (Å²) in [4.78, 5) is 30.0. The van der Waals surface area contributed by atoms with Gasteiger partial charge in [0.2, 0.25) is 0 Å². The maximum atomic E-state index is 14.5. The van der Waals surface area contributed by atoms with Crippen molar-refractivity contribution in [2.45, 2.75) is 70.6 Å². The van der Waals surface area contributed by atoms with E-state index in [1.54, 1.807) is 0 Å². The van der Waals surface area contributed by atoms with E-state index in [-0.39, 0.29) is 5.56 Å². The van der Waals surface area contributed by atoms with Gasteiger partial charge in [0.15, 0.2) is 17.5 Å². The van der Waals surface area contributed by atoms with Crippen LogP contribution in [-0.4, -0.2) is 19.4 Å². The second-order valence-corrected chi connectivity index (χ2v) is 17.6.